The molecule has 0 unspecified atom stereocenters. The number of thioether (sulfide) groups is 1. The Hall–Kier alpha value is -3.79. The molecule has 4 aromatic rings. The van der Waals surface area contributed by atoms with Crippen LogP contribution < -0.4 is 10.1 Å². The summed E-state index contributed by atoms with van der Waals surface area (Å²) in [5.41, 5.74) is 2.07. The lowest BCUT2D eigenvalue weighted by Crippen LogP contribution is -2.17. The Kier molecular flexibility index (Phi) is 6.64. The van der Waals surface area contributed by atoms with Crippen molar-refractivity contribution in [2.24, 2.45) is 0 Å². The molecule has 0 fully saturated rings. The molecule has 1 N–H and O–H groups in total. The number of nitrogens with zero attached hydrogens (tertiary/aromatic N) is 3. The van der Waals surface area contributed by atoms with Gasteiger partial charge in [0, 0.05) is 11.3 Å². The fourth-order valence-corrected chi connectivity index (χ4v) is 3.57. The molecule has 0 aliphatic heterocycles. The number of halogens is 3. The van der Waals surface area contributed by atoms with Crippen LogP contribution in [0.1, 0.15) is 0 Å². The van der Waals surface area contributed by atoms with Crippen molar-refractivity contribution in [3.8, 4) is 22.8 Å². The number of anilines is 1. The van der Waals surface area contributed by atoms with Crippen LogP contribution in [0.4, 0.5) is 18.9 Å². The molecular weight excluding hydrogens is 453 g/mol. The van der Waals surface area contributed by atoms with E-state index in [0.29, 0.717) is 16.7 Å². The standard InChI is InChI=1S/C23H17F3N4O2S/c24-23(25,26)32-19-13-11-17(12-14-19)27-20(31)15-33-22-28-21(16-7-3-1-4-8-16)30(29-22)18-9-5-2-6-10-18/h1-14H,15H2,(H,27,31). The minimum atomic E-state index is -4.77. The Morgan fingerprint density at radius 3 is 2.21 bits per heavy atom. The van der Waals surface area contributed by atoms with Gasteiger partial charge < -0.3 is 10.1 Å². The number of benzene rings is 3. The molecule has 6 nitrogen and oxygen atoms in total. The summed E-state index contributed by atoms with van der Waals surface area (Å²) in [7, 11) is 0. The van der Waals surface area contributed by atoms with Crippen molar-refractivity contribution in [2.45, 2.75) is 11.5 Å². The topological polar surface area (TPSA) is 69.0 Å². The summed E-state index contributed by atoms with van der Waals surface area (Å²) in [6.07, 6.45) is -4.77. The van der Waals surface area contributed by atoms with Gasteiger partial charge in [-0.3, -0.25) is 4.79 Å². The Morgan fingerprint density at radius 1 is 0.939 bits per heavy atom. The Labute approximate surface area is 191 Å². The van der Waals surface area contributed by atoms with Gasteiger partial charge in [0.2, 0.25) is 11.1 Å². The minimum absolute atomic E-state index is 0.0217. The van der Waals surface area contributed by atoms with Crippen molar-refractivity contribution in [2.75, 3.05) is 11.1 Å². The van der Waals surface area contributed by atoms with Gasteiger partial charge in [-0.05, 0) is 36.4 Å². The number of alkyl halides is 3. The van der Waals surface area contributed by atoms with Gasteiger partial charge in [-0.2, -0.15) is 0 Å². The average molecular weight is 470 g/mol. The van der Waals surface area contributed by atoms with Gasteiger partial charge in [0.15, 0.2) is 5.82 Å². The second-order valence-electron chi connectivity index (χ2n) is 6.74. The Balaban J connectivity index is 1.44. The first-order valence-electron chi connectivity index (χ1n) is 9.74. The summed E-state index contributed by atoms with van der Waals surface area (Å²) < 4.78 is 42.3. The lowest BCUT2D eigenvalue weighted by Gasteiger charge is -2.09. The van der Waals surface area contributed by atoms with Crippen LogP contribution in [0.3, 0.4) is 0 Å². The SMILES string of the molecule is O=C(CSc1nc(-c2ccccc2)n(-c2ccccc2)n1)Nc1ccc(OC(F)(F)F)cc1. The van der Waals surface area contributed by atoms with E-state index in [4.69, 9.17) is 0 Å². The zero-order valence-electron chi connectivity index (χ0n) is 17.0. The molecule has 33 heavy (non-hydrogen) atoms. The van der Waals surface area contributed by atoms with E-state index in [1.807, 2.05) is 60.7 Å². The molecule has 1 aromatic heterocycles. The van der Waals surface area contributed by atoms with Crippen molar-refractivity contribution in [3.05, 3.63) is 84.9 Å². The third kappa shape index (κ3) is 6.13. The summed E-state index contributed by atoms with van der Waals surface area (Å²) in [5.74, 6) is -0.0425. The van der Waals surface area contributed by atoms with Gasteiger partial charge in [-0.25, -0.2) is 9.67 Å². The molecule has 1 amide bonds. The van der Waals surface area contributed by atoms with E-state index in [9.17, 15) is 18.0 Å². The predicted octanol–water partition coefficient (Wildman–Crippen LogP) is 5.56. The van der Waals surface area contributed by atoms with E-state index in [1.54, 1.807) is 4.68 Å². The fraction of sp³-hybridized carbons (Fsp3) is 0.0870. The molecule has 0 atom stereocenters. The molecule has 0 aliphatic carbocycles. The second-order valence-corrected chi connectivity index (χ2v) is 7.68. The maximum Gasteiger partial charge on any atom is 0.573 e. The molecule has 3 aromatic carbocycles. The zero-order chi connectivity index (χ0) is 23.3. The molecule has 168 valence electrons. The van der Waals surface area contributed by atoms with Crippen LogP contribution in [-0.2, 0) is 4.79 Å². The van der Waals surface area contributed by atoms with E-state index < -0.39 is 6.36 Å². The van der Waals surface area contributed by atoms with Crippen LogP contribution >= 0.6 is 11.8 Å². The van der Waals surface area contributed by atoms with Crippen molar-refractivity contribution in [1.82, 2.24) is 14.8 Å². The van der Waals surface area contributed by atoms with Crippen molar-refractivity contribution >= 4 is 23.4 Å². The van der Waals surface area contributed by atoms with Crippen molar-refractivity contribution in [1.29, 1.82) is 0 Å². The van der Waals surface area contributed by atoms with Gasteiger partial charge in [0.05, 0.1) is 11.4 Å². The first-order chi connectivity index (χ1) is 15.9. The van der Waals surface area contributed by atoms with Gasteiger partial charge in [-0.1, -0.05) is 60.3 Å². The number of aromatic nitrogens is 3. The second kappa shape index (κ2) is 9.78. The molecule has 1 heterocycles. The summed E-state index contributed by atoms with van der Waals surface area (Å²) >= 11 is 1.15. The minimum Gasteiger partial charge on any atom is -0.406 e. The molecule has 4 rings (SSSR count). The molecule has 0 radical (unpaired) electrons. The van der Waals surface area contributed by atoms with E-state index in [-0.39, 0.29) is 17.4 Å². The monoisotopic (exact) mass is 470 g/mol. The van der Waals surface area contributed by atoms with Crippen molar-refractivity contribution in [3.63, 3.8) is 0 Å². The lowest BCUT2D eigenvalue weighted by molar-refractivity contribution is -0.274. The lowest BCUT2D eigenvalue weighted by atomic mass is 10.2. The first-order valence-corrected chi connectivity index (χ1v) is 10.7. The highest BCUT2D eigenvalue weighted by Gasteiger charge is 2.31. The summed E-state index contributed by atoms with van der Waals surface area (Å²) in [6.45, 7) is 0. The van der Waals surface area contributed by atoms with Gasteiger partial charge >= 0.3 is 6.36 Å². The smallest absolute Gasteiger partial charge is 0.406 e. The Morgan fingerprint density at radius 2 is 1.58 bits per heavy atom. The first kappa shape index (κ1) is 22.4. The van der Waals surface area contributed by atoms with Gasteiger partial charge in [0.1, 0.15) is 5.75 Å². The van der Waals surface area contributed by atoms with Crippen LogP contribution in [-0.4, -0.2) is 32.8 Å². The number of carbonyl (C=O) groups excluding carboxylic acids is 1. The van der Waals surface area contributed by atoms with Crippen LogP contribution in [0.15, 0.2) is 90.1 Å². The summed E-state index contributed by atoms with van der Waals surface area (Å²) in [4.78, 5) is 16.9. The Bertz CT molecular complexity index is 1160. The number of carbonyl (C=O) groups is 1. The number of para-hydroxylation sites is 1. The molecular formula is C23H17F3N4O2S. The highest BCUT2D eigenvalue weighted by atomic mass is 32.2. The number of hydrogen-bond donors (Lipinski definition) is 1. The molecule has 0 aliphatic rings. The maximum absolute atomic E-state index is 12.3. The molecule has 0 saturated heterocycles. The average Bonchev–Trinajstić information content (AvgIpc) is 3.24. The van der Waals surface area contributed by atoms with Crippen LogP contribution in [0.25, 0.3) is 17.1 Å². The molecule has 0 bridgehead atoms. The number of ether oxygens (including phenoxy) is 1. The van der Waals surface area contributed by atoms with Crippen LogP contribution in [0, 0.1) is 0 Å². The largest absolute Gasteiger partial charge is 0.573 e. The number of amides is 1. The molecule has 0 saturated carbocycles. The molecule has 10 heteroatoms. The highest BCUT2D eigenvalue weighted by molar-refractivity contribution is 7.99. The van der Waals surface area contributed by atoms with Gasteiger partial charge in [-0.15, -0.1) is 18.3 Å². The predicted molar refractivity (Wildman–Crippen MR) is 119 cm³/mol. The van der Waals surface area contributed by atoms with E-state index in [1.165, 1.54) is 12.1 Å². The van der Waals surface area contributed by atoms with Crippen LogP contribution in [0.5, 0.6) is 5.75 Å². The van der Waals surface area contributed by atoms with Gasteiger partial charge in [0.25, 0.3) is 0 Å². The van der Waals surface area contributed by atoms with E-state index in [0.717, 1.165) is 35.1 Å². The molecule has 0 spiro atoms. The van der Waals surface area contributed by atoms with Crippen molar-refractivity contribution < 1.29 is 22.7 Å². The quantitative estimate of drug-likeness (QED) is 0.358. The summed E-state index contributed by atoms with van der Waals surface area (Å²) in [5, 5.41) is 7.59. The third-order valence-corrected chi connectivity index (χ3v) is 5.16. The number of nitrogens with one attached hydrogen (secondary N) is 1. The number of rotatable bonds is 7. The maximum atomic E-state index is 12.3. The third-order valence-electron chi connectivity index (χ3n) is 4.32. The van der Waals surface area contributed by atoms with E-state index in [2.05, 4.69) is 20.1 Å². The zero-order valence-corrected chi connectivity index (χ0v) is 17.8. The highest BCUT2D eigenvalue weighted by Crippen LogP contribution is 2.26. The summed E-state index contributed by atoms with van der Waals surface area (Å²) in [6, 6.07) is 24.0. The normalized spacial score (nSPS) is 11.2. The van der Waals surface area contributed by atoms with Crippen LogP contribution in [0.2, 0.25) is 0 Å². The van der Waals surface area contributed by atoms with E-state index >= 15 is 0 Å². The number of hydrogen-bond acceptors (Lipinski definition) is 5. The fourth-order valence-electron chi connectivity index (χ4n) is 2.94.